The number of benzene rings is 1. The van der Waals surface area contributed by atoms with Crippen molar-refractivity contribution in [3.63, 3.8) is 0 Å². The van der Waals surface area contributed by atoms with Crippen LogP contribution in [0.5, 0.6) is 0 Å². The standard InChI is InChI=1S/C11H13FN2S/c1-2-6-15-7-5-14-11-4-3-9(12)8-10(11)13/h1,3-4,8,14H,5-7,13H2. The van der Waals surface area contributed by atoms with Crippen molar-refractivity contribution in [1.82, 2.24) is 0 Å². The SMILES string of the molecule is C#CCSCCNc1ccc(F)cc1N. The molecule has 0 saturated heterocycles. The number of terminal acetylenes is 1. The van der Waals surface area contributed by atoms with Gasteiger partial charge >= 0.3 is 0 Å². The molecule has 0 unspecified atom stereocenters. The van der Waals surface area contributed by atoms with Gasteiger partial charge in [-0.2, -0.15) is 0 Å². The van der Waals surface area contributed by atoms with Crippen LogP contribution in [0.1, 0.15) is 0 Å². The van der Waals surface area contributed by atoms with Gasteiger partial charge in [0, 0.05) is 12.3 Å². The predicted octanol–water partition coefficient (Wildman–Crippen LogP) is 2.19. The van der Waals surface area contributed by atoms with Crippen LogP contribution in [0.25, 0.3) is 0 Å². The van der Waals surface area contributed by atoms with E-state index in [-0.39, 0.29) is 5.82 Å². The molecule has 0 saturated carbocycles. The molecule has 0 atom stereocenters. The molecule has 80 valence electrons. The molecule has 15 heavy (non-hydrogen) atoms. The molecule has 0 aliphatic carbocycles. The van der Waals surface area contributed by atoms with Gasteiger partial charge < -0.3 is 11.1 Å². The van der Waals surface area contributed by atoms with E-state index in [2.05, 4.69) is 11.2 Å². The minimum absolute atomic E-state index is 0.320. The van der Waals surface area contributed by atoms with Gasteiger partial charge in [-0.15, -0.1) is 18.2 Å². The number of nitrogen functional groups attached to an aromatic ring is 1. The van der Waals surface area contributed by atoms with Crippen LogP contribution >= 0.6 is 11.8 Å². The highest BCUT2D eigenvalue weighted by Gasteiger charge is 1.99. The van der Waals surface area contributed by atoms with E-state index in [1.165, 1.54) is 12.1 Å². The Bertz CT molecular complexity index is 360. The Morgan fingerprint density at radius 3 is 3.00 bits per heavy atom. The van der Waals surface area contributed by atoms with E-state index in [9.17, 15) is 4.39 Å². The highest BCUT2D eigenvalue weighted by molar-refractivity contribution is 7.99. The second-order valence-corrected chi connectivity index (χ2v) is 4.02. The van der Waals surface area contributed by atoms with Gasteiger partial charge in [0.05, 0.1) is 17.1 Å². The smallest absolute Gasteiger partial charge is 0.125 e. The van der Waals surface area contributed by atoms with Crippen LogP contribution in [-0.2, 0) is 0 Å². The molecule has 0 heterocycles. The van der Waals surface area contributed by atoms with Crippen molar-refractivity contribution in [3.8, 4) is 12.3 Å². The van der Waals surface area contributed by atoms with Crippen molar-refractivity contribution in [1.29, 1.82) is 0 Å². The summed E-state index contributed by atoms with van der Waals surface area (Å²) in [5, 5.41) is 3.12. The number of rotatable bonds is 5. The number of hydrogen-bond acceptors (Lipinski definition) is 3. The lowest BCUT2D eigenvalue weighted by Crippen LogP contribution is -2.06. The lowest BCUT2D eigenvalue weighted by atomic mass is 10.2. The zero-order valence-corrected chi connectivity index (χ0v) is 9.11. The molecule has 0 aliphatic rings. The molecule has 1 aromatic rings. The number of halogens is 1. The van der Waals surface area contributed by atoms with Gasteiger partial charge in [-0.05, 0) is 18.2 Å². The van der Waals surface area contributed by atoms with Crippen LogP contribution in [0.4, 0.5) is 15.8 Å². The van der Waals surface area contributed by atoms with E-state index in [0.29, 0.717) is 11.4 Å². The van der Waals surface area contributed by atoms with E-state index in [1.807, 2.05) is 0 Å². The molecule has 1 rings (SSSR count). The molecule has 0 aromatic heterocycles. The van der Waals surface area contributed by atoms with Crippen LogP contribution in [-0.4, -0.2) is 18.1 Å². The fourth-order valence-electron chi connectivity index (χ4n) is 1.08. The zero-order chi connectivity index (χ0) is 11.1. The lowest BCUT2D eigenvalue weighted by Gasteiger charge is -2.08. The molecule has 0 aliphatic heterocycles. The number of nitrogens with one attached hydrogen (secondary N) is 1. The van der Waals surface area contributed by atoms with Gasteiger partial charge in [-0.1, -0.05) is 5.92 Å². The number of anilines is 2. The molecule has 0 bridgehead atoms. The van der Waals surface area contributed by atoms with Crippen LogP contribution in [0, 0.1) is 18.2 Å². The summed E-state index contributed by atoms with van der Waals surface area (Å²) in [6.45, 7) is 0.766. The van der Waals surface area contributed by atoms with Crippen LogP contribution in [0.15, 0.2) is 18.2 Å². The first-order valence-corrected chi connectivity index (χ1v) is 5.69. The largest absolute Gasteiger partial charge is 0.397 e. The van der Waals surface area contributed by atoms with Crippen LogP contribution in [0.3, 0.4) is 0 Å². The summed E-state index contributed by atoms with van der Waals surface area (Å²) < 4.78 is 12.7. The maximum atomic E-state index is 12.7. The van der Waals surface area contributed by atoms with Gasteiger partial charge in [0.25, 0.3) is 0 Å². The Morgan fingerprint density at radius 2 is 2.33 bits per heavy atom. The van der Waals surface area contributed by atoms with E-state index in [1.54, 1.807) is 17.8 Å². The van der Waals surface area contributed by atoms with Crippen molar-refractivity contribution < 1.29 is 4.39 Å². The van der Waals surface area contributed by atoms with E-state index < -0.39 is 0 Å². The number of nitrogens with two attached hydrogens (primary N) is 1. The van der Waals surface area contributed by atoms with Gasteiger partial charge in [0.2, 0.25) is 0 Å². The third kappa shape index (κ3) is 4.13. The second kappa shape index (κ2) is 6.20. The zero-order valence-electron chi connectivity index (χ0n) is 8.29. The topological polar surface area (TPSA) is 38.0 Å². The average molecular weight is 224 g/mol. The minimum Gasteiger partial charge on any atom is -0.397 e. The molecule has 0 spiro atoms. The van der Waals surface area contributed by atoms with Gasteiger partial charge in [-0.25, -0.2) is 4.39 Å². The van der Waals surface area contributed by atoms with Crippen molar-refractivity contribution in [2.24, 2.45) is 0 Å². The normalized spacial score (nSPS) is 9.60. The molecule has 4 heteroatoms. The summed E-state index contributed by atoms with van der Waals surface area (Å²) in [6, 6.07) is 4.32. The maximum Gasteiger partial charge on any atom is 0.125 e. The van der Waals surface area contributed by atoms with Crippen LogP contribution < -0.4 is 11.1 Å². The Hall–Kier alpha value is -1.34. The monoisotopic (exact) mass is 224 g/mol. The molecular weight excluding hydrogens is 211 g/mol. The Kier molecular flexibility index (Phi) is 4.85. The van der Waals surface area contributed by atoms with Crippen molar-refractivity contribution in [3.05, 3.63) is 24.0 Å². The summed E-state index contributed by atoms with van der Waals surface area (Å²) in [5.74, 6) is 3.84. The van der Waals surface area contributed by atoms with Crippen molar-refractivity contribution in [2.45, 2.75) is 0 Å². The number of hydrogen-bond donors (Lipinski definition) is 2. The molecule has 0 radical (unpaired) electrons. The molecule has 0 fully saturated rings. The predicted molar refractivity (Wildman–Crippen MR) is 65.5 cm³/mol. The van der Waals surface area contributed by atoms with E-state index >= 15 is 0 Å². The fraction of sp³-hybridized carbons (Fsp3) is 0.273. The summed E-state index contributed by atoms with van der Waals surface area (Å²) in [4.78, 5) is 0. The minimum atomic E-state index is -0.320. The first-order valence-electron chi connectivity index (χ1n) is 4.54. The van der Waals surface area contributed by atoms with Crippen LogP contribution in [0.2, 0.25) is 0 Å². The quantitative estimate of drug-likeness (QED) is 0.457. The molecule has 0 amide bonds. The van der Waals surface area contributed by atoms with E-state index in [0.717, 1.165) is 18.0 Å². The van der Waals surface area contributed by atoms with Gasteiger partial charge in [0.1, 0.15) is 5.82 Å². The van der Waals surface area contributed by atoms with Crippen molar-refractivity contribution >= 4 is 23.1 Å². The van der Waals surface area contributed by atoms with E-state index in [4.69, 9.17) is 12.2 Å². The third-order valence-electron chi connectivity index (χ3n) is 1.76. The van der Waals surface area contributed by atoms with Crippen molar-refractivity contribution in [2.75, 3.05) is 29.1 Å². The van der Waals surface area contributed by atoms with Gasteiger partial charge in [-0.3, -0.25) is 0 Å². The Morgan fingerprint density at radius 1 is 1.53 bits per heavy atom. The Labute approximate surface area is 93.4 Å². The second-order valence-electron chi connectivity index (χ2n) is 2.92. The highest BCUT2D eigenvalue weighted by Crippen LogP contribution is 2.18. The summed E-state index contributed by atoms with van der Waals surface area (Å²) in [5.41, 5.74) is 6.81. The lowest BCUT2D eigenvalue weighted by molar-refractivity contribution is 0.628. The third-order valence-corrected chi connectivity index (χ3v) is 2.62. The number of thioether (sulfide) groups is 1. The average Bonchev–Trinajstić information content (AvgIpc) is 2.20. The van der Waals surface area contributed by atoms with Gasteiger partial charge in [0.15, 0.2) is 0 Å². The summed E-state index contributed by atoms with van der Waals surface area (Å²) in [7, 11) is 0. The molecule has 3 N–H and O–H groups in total. The fourth-order valence-corrected chi connectivity index (χ4v) is 1.59. The molecular formula is C11H13FN2S. The first kappa shape index (κ1) is 11.7. The maximum absolute atomic E-state index is 12.7. The first-order chi connectivity index (χ1) is 7.24. The molecule has 2 nitrogen and oxygen atoms in total. The summed E-state index contributed by atoms with van der Waals surface area (Å²) >= 11 is 1.67. The summed E-state index contributed by atoms with van der Waals surface area (Å²) in [6.07, 6.45) is 5.11. The molecule has 1 aromatic carbocycles. The highest BCUT2D eigenvalue weighted by atomic mass is 32.2. The Balaban J connectivity index is 2.35.